The Labute approximate surface area is 106 Å². The predicted molar refractivity (Wildman–Crippen MR) is 67.5 cm³/mol. The Bertz CT molecular complexity index is 446. The third-order valence-corrected chi connectivity index (χ3v) is 2.49. The predicted octanol–water partition coefficient (Wildman–Crippen LogP) is 0.790. The topological polar surface area (TPSA) is 88.2 Å². The van der Waals surface area contributed by atoms with Crippen molar-refractivity contribution in [2.75, 3.05) is 14.2 Å². The van der Waals surface area contributed by atoms with E-state index in [1.165, 1.54) is 4.90 Å². The minimum absolute atomic E-state index is 0.105. The summed E-state index contributed by atoms with van der Waals surface area (Å²) in [6.07, 6.45) is -0.109. The van der Waals surface area contributed by atoms with E-state index >= 15 is 0 Å². The number of para-hydroxylation sites is 1. The van der Waals surface area contributed by atoms with Gasteiger partial charge in [-0.2, -0.15) is 0 Å². The Hall–Kier alpha value is -2.24. The van der Waals surface area contributed by atoms with Gasteiger partial charge in [-0.3, -0.25) is 4.79 Å². The van der Waals surface area contributed by atoms with E-state index in [0.717, 1.165) is 11.3 Å². The van der Waals surface area contributed by atoms with Crippen LogP contribution in [-0.2, 0) is 11.3 Å². The molecule has 6 heteroatoms. The Morgan fingerprint density at radius 1 is 1.50 bits per heavy atom. The molecular weight excluding hydrogens is 234 g/mol. The first-order chi connectivity index (χ1) is 8.58. The van der Waals surface area contributed by atoms with Crippen molar-refractivity contribution in [3.8, 4) is 5.75 Å². The summed E-state index contributed by atoms with van der Waals surface area (Å²) in [5.74, 6) is 0.393. The Morgan fingerprint density at radius 3 is 2.78 bits per heavy atom. The SMILES string of the molecule is COc1ccccc1CN(C)C(=O)C/C(N)=N/O. The number of amidine groups is 1. The second-order valence-electron chi connectivity index (χ2n) is 3.83. The lowest BCUT2D eigenvalue weighted by Crippen LogP contribution is -2.30. The van der Waals surface area contributed by atoms with Gasteiger partial charge in [-0.1, -0.05) is 23.4 Å². The molecule has 18 heavy (non-hydrogen) atoms. The second kappa shape index (κ2) is 6.48. The highest BCUT2D eigenvalue weighted by molar-refractivity contribution is 5.98. The first kappa shape index (κ1) is 13.8. The van der Waals surface area contributed by atoms with Crippen molar-refractivity contribution in [3.63, 3.8) is 0 Å². The highest BCUT2D eigenvalue weighted by Crippen LogP contribution is 2.18. The standard InChI is InChI=1S/C12H17N3O3/c1-15(12(16)7-11(13)14-17)8-9-5-3-4-6-10(9)18-2/h3-6,17H,7-8H2,1-2H3,(H2,13,14). The second-order valence-corrected chi connectivity index (χ2v) is 3.83. The molecule has 1 aromatic carbocycles. The summed E-state index contributed by atoms with van der Waals surface area (Å²) in [6.45, 7) is 0.404. The number of oxime groups is 1. The van der Waals surface area contributed by atoms with Crippen LogP contribution in [-0.4, -0.2) is 36.0 Å². The van der Waals surface area contributed by atoms with Crippen LogP contribution in [0.4, 0.5) is 0 Å². The van der Waals surface area contributed by atoms with E-state index in [0.29, 0.717) is 6.54 Å². The van der Waals surface area contributed by atoms with Crippen LogP contribution < -0.4 is 10.5 Å². The maximum atomic E-state index is 11.7. The summed E-state index contributed by atoms with van der Waals surface area (Å²) in [5, 5.41) is 11.2. The lowest BCUT2D eigenvalue weighted by Gasteiger charge is -2.18. The molecule has 0 aromatic heterocycles. The molecule has 0 heterocycles. The number of carbonyl (C=O) groups excluding carboxylic acids is 1. The molecule has 1 aromatic rings. The molecule has 3 N–H and O–H groups in total. The third-order valence-electron chi connectivity index (χ3n) is 2.49. The fraction of sp³-hybridized carbons (Fsp3) is 0.333. The maximum Gasteiger partial charge on any atom is 0.230 e. The monoisotopic (exact) mass is 251 g/mol. The van der Waals surface area contributed by atoms with E-state index < -0.39 is 0 Å². The Balaban J connectivity index is 2.69. The van der Waals surface area contributed by atoms with Crippen molar-refractivity contribution in [1.29, 1.82) is 0 Å². The number of carbonyl (C=O) groups is 1. The number of amides is 1. The molecule has 0 radical (unpaired) electrons. The molecule has 6 nitrogen and oxygen atoms in total. The van der Waals surface area contributed by atoms with Gasteiger partial charge in [-0.15, -0.1) is 0 Å². The van der Waals surface area contributed by atoms with Gasteiger partial charge in [-0.05, 0) is 6.07 Å². The zero-order valence-electron chi connectivity index (χ0n) is 10.5. The van der Waals surface area contributed by atoms with Crippen LogP contribution in [0.3, 0.4) is 0 Å². The molecule has 98 valence electrons. The van der Waals surface area contributed by atoms with E-state index in [9.17, 15) is 4.79 Å². The fourth-order valence-corrected chi connectivity index (χ4v) is 1.50. The number of methoxy groups -OCH3 is 1. The van der Waals surface area contributed by atoms with Crippen molar-refractivity contribution in [1.82, 2.24) is 4.90 Å². The van der Waals surface area contributed by atoms with Gasteiger partial charge in [0.2, 0.25) is 5.91 Å². The molecular formula is C12H17N3O3. The van der Waals surface area contributed by atoms with Crippen molar-refractivity contribution < 1.29 is 14.7 Å². The van der Waals surface area contributed by atoms with Crippen molar-refractivity contribution in [2.24, 2.45) is 10.9 Å². The summed E-state index contributed by atoms with van der Waals surface area (Å²) in [6, 6.07) is 7.45. The average Bonchev–Trinajstić information content (AvgIpc) is 2.39. The normalized spacial score (nSPS) is 11.1. The first-order valence-electron chi connectivity index (χ1n) is 5.40. The minimum atomic E-state index is -0.226. The van der Waals surface area contributed by atoms with Gasteiger partial charge >= 0.3 is 0 Å². The van der Waals surface area contributed by atoms with Crippen LogP contribution in [0.15, 0.2) is 29.4 Å². The Morgan fingerprint density at radius 2 is 2.17 bits per heavy atom. The molecule has 0 bridgehead atoms. The highest BCUT2D eigenvalue weighted by Gasteiger charge is 2.13. The number of rotatable bonds is 5. The summed E-state index contributed by atoms with van der Waals surface area (Å²) in [5.41, 5.74) is 6.19. The molecule has 0 saturated carbocycles. The number of nitrogens with two attached hydrogens (primary N) is 1. The molecule has 0 saturated heterocycles. The van der Waals surface area contributed by atoms with Crippen LogP contribution in [0, 0.1) is 0 Å². The molecule has 0 unspecified atom stereocenters. The van der Waals surface area contributed by atoms with Crippen LogP contribution in [0.5, 0.6) is 5.75 Å². The third kappa shape index (κ3) is 3.65. The maximum absolute atomic E-state index is 11.7. The van der Waals surface area contributed by atoms with Gasteiger partial charge in [-0.25, -0.2) is 0 Å². The van der Waals surface area contributed by atoms with E-state index in [-0.39, 0.29) is 18.2 Å². The average molecular weight is 251 g/mol. The molecule has 0 spiro atoms. The van der Waals surface area contributed by atoms with Gasteiger partial charge in [0.15, 0.2) is 0 Å². The molecule has 0 aliphatic carbocycles. The number of nitrogens with zero attached hydrogens (tertiary/aromatic N) is 2. The quantitative estimate of drug-likeness (QED) is 0.350. The first-order valence-corrected chi connectivity index (χ1v) is 5.40. The van der Waals surface area contributed by atoms with Crippen molar-refractivity contribution >= 4 is 11.7 Å². The number of hydrogen-bond acceptors (Lipinski definition) is 4. The number of benzene rings is 1. The summed E-state index contributed by atoms with van der Waals surface area (Å²) < 4.78 is 5.20. The van der Waals surface area contributed by atoms with Crippen molar-refractivity contribution in [3.05, 3.63) is 29.8 Å². The van der Waals surface area contributed by atoms with E-state index in [1.54, 1.807) is 14.2 Å². The van der Waals surface area contributed by atoms with Gasteiger partial charge in [0, 0.05) is 19.2 Å². The zero-order valence-corrected chi connectivity index (χ0v) is 10.5. The smallest absolute Gasteiger partial charge is 0.230 e. The molecule has 1 amide bonds. The summed E-state index contributed by atoms with van der Waals surface area (Å²) >= 11 is 0. The number of ether oxygens (including phenoxy) is 1. The van der Waals surface area contributed by atoms with Gasteiger partial charge in [0.25, 0.3) is 0 Å². The highest BCUT2D eigenvalue weighted by atomic mass is 16.5. The molecule has 0 atom stereocenters. The van der Waals surface area contributed by atoms with Gasteiger partial charge < -0.3 is 20.6 Å². The van der Waals surface area contributed by atoms with Crippen LogP contribution in [0.25, 0.3) is 0 Å². The summed E-state index contributed by atoms with van der Waals surface area (Å²) in [7, 11) is 3.23. The largest absolute Gasteiger partial charge is 0.496 e. The zero-order chi connectivity index (χ0) is 13.5. The number of hydrogen-bond donors (Lipinski definition) is 2. The van der Waals surface area contributed by atoms with Gasteiger partial charge in [0.05, 0.1) is 13.5 Å². The van der Waals surface area contributed by atoms with E-state index in [1.807, 2.05) is 24.3 Å². The van der Waals surface area contributed by atoms with Crippen molar-refractivity contribution in [2.45, 2.75) is 13.0 Å². The summed E-state index contributed by atoms with van der Waals surface area (Å²) in [4.78, 5) is 13.2. The van der Waals surface area contributed by atoms with Crippen LogP contribution in [0.2, 0.25) is 0 Å². The molecule has 0 aliphatic heterocycles. The van der Waals surface area contributed by atoms with E-state index in [4.69, 9.17) is 15.7 Å². The minimum Gasteiger partial charge on any atom is -0.496 e. The lowest BCUT2D eigenvalue weighted by atomic mass is 10.2. The fourth-order valence-electron chi connectivity index (χ4n) is 1.50. The Kier molecular flexibility index (Phi) is 4.98. The molecule has 1 rings (SSSR count). The molecule has 0 fully saturated rings. The van der Waals surface area contributed by atoms with Gasteiger partial charge in [0.1, 0.15) is 11.6 Å². The lowest BCUT2D eigenvalue weighted by molar-refractivity contribution is -0.129. The molecule has 0 aliphatic rings. The van der Waals surface area contributed by atoms with Crippen LogP contribution in [0.1, 0.15) is 12.0 Å². The van der Waals surface area contributed by atoms with E-state index in [2.05, 4.69) is 5.16 Å². The van der Waals surface area contributed by atoms with Crippen LogP contribution >= 0.6 is 0 Å².